The summed E-state index contributed by atoms with van der Waals surface area (Å²) in [6, 6.07) is 7.34. The second kappa shape index (κ2) is 3.81. The quantitative estimate of drug-likeness (QED) is 0.830. The van der Waals surface area contributed by atoms with Crippen LogP contribution >= 0.6 is 0 Å². The van der Waals surface area contributed by atoms with Crippen molar-refractivity contribution in [2.75, 3.05) is 7.11 Å². The first-order valence-electron chi connectivity index (χ1n) is 4.87. The molecule has 0 fully saturated rings. The molecule has 1 heterocycles. The van der Waals surface area contributed by atoms with E-state index < -0.39 is 5.91 Å². The normalized spacial score (nSPS) is 10.4. The van der Waals surface area contributed by atoms with Crippen molar-refractivity contribution in [2.24, 2.45) is 5.73 Å². The molecule has 0 saturated carbocycles. The van der Waals surface area contributed by atoms with Crippen LogP contribution in [0.4, 0.5) is 0 Å². The first-order chi connectivity index (χ1) is 7.63. The van der Waals surface area contributed by atoms with E-state index >= 15 is 0 Å². The van der Waals surface area contributed by atoms with Gasteiger partial charge in [-0.2, -0.15) is 0 Å². The highest BCUT2D eigenvalue weighted by atomic mass is 16.5. The van der Waals surface area contributed by atoms with E-state index in [0.717, 1.165) is 16.5 Å². The summed E-state index contributed by atoms with van der Waals surface area (Å²) in [4.78, 5) is 15.4. The predicted molar refractivity (Wildman–Crippen MR) is 61.5 cm³/mol. The first kappa shape index (κ1) is 10.4. The number of aryl methyl sites for hydroxylation is 1. The van der Waals surface area contributed by atoms with Crippen LogP contribution in [0, 0.1) is 6.92 Å². The highest BCUT2D eigenvalue weighted by Crippen LogP contribution is 2.27. The van der Waals surface area contributed by atoms with Crippen LogP contribution in [0.1, 0.15) is 16.2 Å². The molecule has 0 spiro atoms. The minimum atomic E-state index is -0.526. The van der Waals surface area contributed by atoms with Crippen molar-refractivity contribution in [3.8, 4) is 5.75 Å². The van der Waals surface area contributed by atoms with E-state index in [0.29, 0.717) is 5.75 Å². The number of hydrogen-bond acceptors (Lipinski definition) is 3. The summed E-state index contributed by atoms with van der Waals surface area (Å²) in [7, 11) is 1.59. The number of methoxy groups -OCH3 is 1. The molecule has 1 amide bonds. The summed E-state index contributed by atoms with van der Waals surface area (Å²) >= 11 is 0. The number of aromatic nitrogens is 1. The van der Waals surface area contributed by atoms with Crippen LogP contribution < -0.4 is 10.5 Å². The van der Waals surface area contributed by atoms with Gasteiger partial charge in [-0.3, -0.25) is 4.79 Å². The van der Waals surface area contributed by atoms with Crippen molar-refractivity contribution in [3.63, 3.8) is 0 Å². The van der Waals surface area contributed by atoms with Crippen LogP contribution in [0.2, 0.25) is 0 Å². The number of hydrogen-bond donors (Lipinski definition) is 1. The molecule has 2 rings (SSSR count). The Bertz CT molecular complexity index is 564. The van der Waals surface area contributed by atoms with Gasteiger partial charge >= 0.3 is 0 Å². The summed E-state index contributed by atoms with van der Waals surface area (Å²) in [5.41, 5.74) is 6.33. The number of nitrogens with zero attached hydrogens (tertiary/aromatic N) is 1. The van der Waals surface area contributed by atoms with Crippen LogP contribution in [0.25, 0.3) is 10.8 Å². The molecule has 0 atom stereocenters. The van der Waals surface area contributed by atoms with Gasteiger partial charge in [-0.15, -0.1) is 0 Å². The number of pyridine rings is 1. The number of nitrogens with two attached hydrogens (primary N) is 1. The van der Waals surface area contributed by atoms with Crippen molar-refractivity contribution in [1.29, 1.82) is 0 Å². The number of rotatable bonds is 2. The van der Waals surface area contributed by atoms with E-state index in [1.165, 1.54) is 0 Å². The van der Waals surface area contributed by atoms with E-state index in [4.69, 9.17) is 10.5 Å². The van der Waals surface area contributed by atoms with E-state index in [1.54, 1.807) is 7.11 Å². The smallest absolute Gasteiger partial charge is 0.267 e. The molecule has 0 aliphatic carbocycles. The molecule has 1 aromatic carbocycles. The van der Waals surface area contributed by atoms with Gasteiger partial charge in [0.2, 0.25) is 0 Å². The Morgan fingerprint density at radius 2 is 2.12 bits per heavy atom. The Balaban J connectivity index is 2.88. The molecule has 0 aliphatic heterocycles. The monoisotopic (exact) mass is 216 g/mol. The third-order valence-electron chi connectivity index (χ3n) is 2.42. The predicted octanol–water partition coefficient (Wildman–Crippen LogP) is 1.65. The molecule has 82 valence electrons. The van der Waals surface area contributed by atoms with Crippen molar-refractivity contribution in [1.82, 2.24) is 4.98 Å². The lowest BCUT2D eigenvalue weighted by atomic mass is 10.1. The maximum atomic E-state index is 11.3. The highest BCUT2D eigenvalue weighted by Gasteiger charge is 2.11. The van der Waals surface area contributed by atoms with Crippen LogP contribution in [-0.2, 0) is 0 Å². The summed E-state index contributed by atoms with van der Waals surface area (Å²) in [5.74, 6) is 0.187. The Kier molecular flexibility index (Phi) is 2.48. The molecule has 2 aromatic rings. The Labute approximate surface area is 93.0 Å². The first-order valence-corrected chi connectivity index (χ1v) is 4.87. The number of primary amides is 1. The molecule has 16 heavy (non-hydrogen) atoms. The number of benzene rings is 1. The minimum absolute atomic E-state index is 0.286. The fourth-order valence-electron chi connectivity index (χ4n) is 1.74. The van der Waals surface area contributed by atoms with Gasteiger partial charge in [0.15, 0.2) is 0 Å². The number of amides is 1. The van der Waals surface area contributed by atoms with Crippen LogP contribution in [0.3, 0.4) is 0 Å². The Morgan fingerprint density at radius 1 is 1.38 bits per heavy atom. The summed E-state index contributed by atoms with van der Waals surface area (Å²) in [6.07, 6.45) is 0. The number of carbonyl (C=O) groups excluding carboxylic acids is 1. The van der Waals surface area contributed by atoms with Gasteiger partial charge < -0.3 is 10.5 Å². The van der Waals surface area contributed by atoms with Crippen LogP contribution in [0.5, 0.6) is 5.75 Å². The maximum Gasteiger partial charge on any atom is 0.267 e. The van der Waals surface area contributed by atoms with E-state index in [9.17, 15) is 4.79 Å². The Hall–Kier alpha value is -2.10. The van der Waals surface area contributed by atoms with Gasteiger partial charge in [-0.25, -0.2) is 4.98 Å². The molecule has 0 radical (unpaired) electrons. The third-order valence-corrected chi connectivity index (χ3v) is 2.42. The fraction of sp³-hybridized carbons (Fsp3) is 0.167. The van der Waals surface area contributed by atoms with Gasteiger partial charge in [0.05, 0.1) is 7.11 Å². The number of carbonyl (C=O) groups is 1. The average molecular weight is 216 g/mol. The molecule has 2 N–H and O–H groups in total. The molecule has 1 aromatic heterocycles. The van der Waals surface area contributed by atoms with Crippen molar-refractivity contribution < 1.29 is 9.53 Å². The van der Waals surface area contributed by atoms with Gasteiger partial charge in [-0.1, -0.05) is 12.1 Å². The van der Waals surface area contributed by atoms with Crippen LogP contribution in [0.15, 0.2) is 24.3 Å². The molecular weight excluding hydrogens is 204 g/mol. The number of fused-ring (bicyclic) bond motifs is 1. The number of ether oxygens (including phenoxy) is 1. The molecule has 4 nitrogen and oxygen atoms in total. The van der Waals surface area contributed by atoms with Gasteiger partial charge in [0.25, 0.3) is 5.91 Å². The average Bonchev–Trinajstić information content (AvgIpc) is 2.27. The van der Waals surface area contributed by atoms with Crippen molar-refractivity contribution >= 4 is 16.7 Å². The SMILES string of the molecule is COc1cccc2c(C(N)=O)nc(C)cc12. The molecule has 0 saturated heterocycles. The largest absolute Gasteiger partial charge is 0.496 e. The summed E-state index contributed by atoms with van der Waals surface area (Å²) < 4.78 is 5.24. The molecule has 0 aliphatic rings. The minimum Gasteiger partial charge on any atom is -0.496 e. The zero-order valence-electron chi connectivity index (χ0n) is 9.15. The van der Waals surface area contributed by atoms with Crippen molar-refractivity contribution in [3.05, 3.63) is 35.7 Å². The van der Waals surface area contributed by atoms with Gasteiger partial charge in [0, 0.05) is 16.5 Å². The maximum absolute atomic E-state index is 11.3. The lowest BCUT2D eigenvalue weighted by molar-refractivity contribution is 0.0997. The van der Waals surface area contributed by atoms with Crippen molar-refractivity contribution in [2.45, 2.75) is 6.92 Å². The third kappa shape index (κ3) is 1.58. The van der Waals surface area contributed by atoms with Crippen LogP contribution in [-0.4, -0.2) is 18.0 Å². The summed E-state index contributed by atoms with van der Waals surface area (Å²) in [5, 5.41) is 1.57. The lowest BCUT2D eigenvalue weighted by Crippen LogP contribution is -2.14. The Morgan fingerprint density at radius 3 is 2.75 bits per heavy atom. The highest BCUT2D eigenvalue weighted by molar-refractivity contribution is 6.06. The fourth-order valence-corrected chi connectivity index (χ4v) is 1.74. The van der Waals surface area contributed by atoms with E-state index in [2.05, 4.69) is 4.98 Å². The lowest BCUT2D eigenvalue weighted by Gasteiger charge is -2.08. The van der Waals surface area contributed by atoms with Gasteiger partial charge in [-0.05, 0) is 19.1 Å². The zero-order valence-corrected chi connectivity index (χ0v) is 9.15. The topological polar surface area (TPSA) is 65.2 Å². The second-order valence-corrected chi connectivity index (χ2v) is 3.53. The molecule has 0 unspecified atom stereocenters. The standard InChI is InChI=1S/C12H12N2O2/c1-7-6-9-8(11(14-7)12(13)15)4-3-5-10(9)16-2/h3-6H,1-2H3,(H2,13,15). The van der Waals surface area contributed by atoms with E-state index in [1.807, 2.05) is 31.2 Å². The molecule has 0 bridgehead atoms. The second-order valence-electron chi connectivity index (χ2n) is 3.53. The zero-order chi connectivity index (χ0) is 11.7. The van der Waals surface area contributed by atoms with Gasteiger partial charge in [0.1, 0.15) is 11.4 Å². The summed E-state index contributed by atoms with van der Waals surface area (Å²) in [6.45, 7) is 1.82. The molecule has 4 heteroatoms. The van der Waals surface area contributed by atoms with E-state index in [-0.39, 0.29) is 5.69 Å². The molecular formula is C12H12N2O2.